The molecule has 0 fully saturated rings. The highest BCUT2D eigenvalue weighted by molar-refractivity contribution is 4.86. The number of aromatic nitrogens is 3. The molecule has 0 atom stereocenters. The van der Waals surface area contributed by atoms with E-state index >= 15 is 0 Å². The molecule has 1 aromatic heterocycles. The van der Waals surface area contributed by atoms with Gasteiger partial charge in [0.05, 0.1) is 6.54 Å². The predicted octanol–water partition coefficient (Wildman–Crippen LogP) is 1.01. The Morgan fingerprint density at radius 2 is 2.18 bits per heavy atom. The van der Waals surface area contributed by atoms with Crippen LogP contribution in [0.5, 0.6) is 0 Å². The molecule has 5 heteroatoms. The highest BCUT2D eigenvalue weighted by Crippen LogP contribution is 2.16. The fraction of sp³-hybridized carbons (Fsp3) is 0.833. The fourth-order valence-corrected chi connectivity index (χ4v) is 1.85. The molecule has 0 aromatic carbocycles. The largest absolute Gasteiger partial charge is 0.330 e. The van der Waals surface area contributed by atoms with Crippen molar-refractivity contribution in [1.82, 2.24) is 19.7 Å². The summed E-state index contributed by atoms with van der Waals surface area (Å²) < 4.78 is 1.97. The minimum Gasteiger partial charge on any atom is -0.330 e. The van der Waals surface area contributed by atoms with Crippen molar-refractivity contribution < 1.29 is 0 Å². The van der Waals surface area contributed by atoms with E-state index in [-0.39, 0.29) is 5.41 Å². The van der Waals surface area contributed by atoms with E-state index in [0.717, 1.165) is 31.9 Å². The fourth-order valence-electron chi connectivity index (χ4n) is 1.85. The first-order valence-corrected chi connectivity index (χ1v) is 6.24. The van der Waals surface area contributed by atoms with Crippen LogP contribution < -0.4 is 5.73 Å². The summed E-state index contributed by atoms with van der Waals surface area (Å²) in [4.78, 5) is 2.40. The summed E-state index contributed by atoms with van der Waals surface area (Å²) in [5.74, 6) is 1.01. The zero-order valence-corrected chi connectivity index (χ0v) is 11.5. The lowest BCUT2D eigenvalue weighted by Gasteiger charge is -2.31. The average Bonchev–Trinajstić information content (AvgIpc) is 2.64. The number of nitrogens with two attached hydrogens (primary N) is 1. The molecule has 98 valence electrons. The highest BCUT2D eigenvalue weighted by atomic mass is 15.3. The molecule has 0 bridgehead atoms. The van der Waals surface area contributed by atoms with Crippen LogP contribution >= 0.6 is 0 Å². The number of nitrogens with zero attached hydrogens (tertiary/aromatic N) is 4. The van der Waals surface area contributed by atoms with E-state index < -0.39 is 0 Å². The molecule has 1 rings (SSSR count). The molecule has 0 amide bonds. The first-order valence-electron chi connectivity index (χ1n) is 6.24. The molecule has 0 saturated heterocycles. The van der Waals surface area contributed by atoms with Gasteiger partial charge >= 0.3 is 0 Å². The van der Waals surface area contributed by atoms with Gasteiger partial charge in [0.25, 0.3) is 0 Å². The van der Waals surface area contributed by atoms with Gasteiger partial charge in [-0.15, -0.1) is 10.2 Å². The molecule has 0 saturated carbocycles. The molecule has 0 aliphatic carbocycles. The zero-order valence-electron chi connectivity index (χ0n) is 11.5. The Morgan fingerprint density at radius 3 is 2.65 bits per heavy atom. The second-order valence-corrected chi connectivity index (χ2v) is 5.44. The summed E-state index contributed by atoms with van der Waals surface area (Å²) in [5.41, 5.74) is 5.94. The van der Waals surface area contributed by atoms with Crippen molar-refractivity contribution in [3.63, 3.8) is 0 Å². The van der Waals surface area contributed by atoms with Gasteiger partial charge in [0, 0.05) is 13.6 Å². The third kappa shape index (κ3) is 4.44. The summed E-state index contributed by atoms with van der Waals surface area (Å²) >= 11 is 0. The second-order valence-electron chi connectivity index (χ2n) is 5.44. The molecule has 2 N–H and O–H groups in total. The van der Waals surface area contributed by atoms with Gasteiger partial charge in [0.2, 0.25) is 0 Å². The normalized spacial score (nSPS) is 12.4. The van der Waals surface area contributed by atoms with E-state index in [9.17, 15) is 0 Å². The number of rotatable bonds is 7. The van der Waals surface area contributed by atoms with Crippen molar-refractivity contribution in [2.75, 3.05) is 19.6 Å². The molecule has 0 unspecified atom stereocenters. The molecule has 0 radical (unpaired) electrons. The first kappa shape index (κ1) is 14.1. The Balaban J connectivity index is 2.63. The van der Waals surface area contributed by atoms with E-state index in [0.29, 0.717) is 6.54 Å². The van der Waals surface area contributed by atoms with Crippen molar-refractivity contribution in [2.24, 2.45) is 18.2 Å². The Morgan fingerprint density at radius 1 is 1.47 bits per heavy atom. The van der Waals surface area contributed by atoms with Gasteiger partial charge in [-0.2, -0.15) is 0 Å². The van der Waals surface area contributed by atoms with Crippen LogP contribution in [-0.2, 0) is 13.6 Å². The first-order chi connectivity index (χ1) is 7.98. The number of hydrogen-bond acceptors (Lipinski definition) is 4. The lowest BCUT2D eigenvalue weighted by atomic mass is 9.93. The van der Waals surface area contributed by atoms with Crippen LogP contribution in [0.1, 0.15) is 33.0 Å². The Hall–Kier alpha value is -0.940. The Bertz CT molecular complexity index is 331. The molecule has 17 heavy (non-hydrogen) atoms. The summed E-state index contributed by atoms with van der Waals surface area (Å²) in [6, 6.07) is 0. The molecule has 1 aromatic rings. The van der Waals surface area contributed by atoms with E-state index in [1.807, 2.05) is 11.6 Å². The van der Waals surface area contributed by atoms with E-state index in [1.54, 1.807) is 6.33 Å². The molecular formula is C12H25N5. The van der Waals surface area contributed by atoms with Gasteiger partial charge in [0.1, 0.15) is 12.2 Å². The van der Waals surface area contributed by atoms with Crippen molar-refractivity contribution >= 4 is 0 Å². The zero-order chi connectivity index (χ0) is 12.9. The molecule has 0 aliphatic rings. The van der Waals surface area contributed by atoms with Gasteiger partial charge < -0.3 is 10.3 Å². The highest BCUT2D eigenvalue weighted by Gasteiger charge is 2.20. The number of hydrogen-bond donors (Lipinski definition) is 1. The van der Waals surface area contributed by atoms with Crippen molar-refractivity contribution in [3.05, 3.63) is 12.2 Å². The quantitative estimate of drug-likeness (QED) is 0.771. The maximum Gasteiger partial charge on any atom is 0.146 e. The van der Waals surface area contributed by atoms with Crippen molar-refractivity contribution in [2.45, 2.75) is 33.7 Å². The van der Waals surface area contributed by atoms with Crippen LogP contribution in [0.15, 0.2) is 6.33 Å². The van der Waals surface area contributed by atoms with Crippen molar-refractivity contribution in [1.29, 1.82) is 0 Å². The van der Waals surface area contributed by atoms with E-state index in [1.165, 1.54) is 0 Å². The third-order valence-corrected chi connectivity index (χ3v) is 2.91. The smallest absolute Gasteiger partial charge is 0.146 e. The predicted molar refractivity (Wildman–Crippen MR) is 69.4 cm³/mol. The van der Waals surface area contributed by atoms with Gasteiger partial charge in [-0.25, -0.2) is 0 Å². The van der Waals surface area contributed by atoms with Crippen LogP contribution in [-0.4, -0.2) is 39.3 Å². The van der Waals surface area contributed by atoms with Crippen molar-refractivity contribution in [3.8, 4) is 0 Å². The van der Waals surface area contributed by atoms with Crippen LogP contribution in [0.4, 0.5) is 0 Å². The summed E-state index contributed by atoms with van der Waals surface area (Å²) in [6.07, 6.45) is 2.88. The van der Waals surface area contributed by atoms with Crippen LogP contribution in [0.3, 0.4) is 0 Å². The Labute approximate surface area is 104 Å². The molecule has 5 nitrogen and oxygen atoms in total. The molecular weight excluding hydrogens is 214 g/mol. The molecule has 1 heterocycles. The maximum absolute atomic E-state index is 5.79. The minimum absolute atomic E-state index is 0.147. The maximum atomic E-state index is 5.79. The number of aryl methyl sites for hydroxylation is 1. The lowest BCUT2D eigenvalue weighted by Crippen LogP contribution is -2.39. The van der Waals surface area contributed by atoms with Gasteiger partial charge in [-0.3, -0.25) is 4.90 Å². The van der Waals surface area contributed by atoms with Gasteiger partial charge in [-0.05, 0) is 24.9 Å². The Kier molecular flexibility index (Phi) is 5.08. The minimum atomic E-state index is 0.147. The van der Waals surface area contributed by atoms with Crippen LogP contribution in [0.25, 0.3) is 0 Å². The summed E-state index contributed by atoms with van der Waals surface area (Å²) in [6.45, 7) is 10.2. The monoisotopic (exact) mass is 239 g/mol. The van der Waals surface area contributed by atoms with E-state index in [2.05, 4.69) is 35.9 Å². The van der Waals surface area contributed by atoms with Crippen LogP contribution in [0, 0.1) is 5.41 Å². The SMILES string of the molecule is CCCN(Cc1nncn1C)CC(C)(C)CN. The third-order valence-electron chi connectivity index (χ3n) is 2.91. The molecule has 0 aliphatic heterocycles. The lowest BCUT2D eigenvalue weighted by molar-refractivity contribution is 0.171. The molecule has 0 spiro atoms. The van der Waals surface area contributed by atoms with Gasteiger partial charge in [-0.1, -0.05) is 20.8 Å². The van der Waals surface area contributed by atoms with Crippen LogP contribution in [0.2, 0.25) is 0 Å². The summed E-state index contributed by atoms with van der Waals surface area (Å²) in [5, 5.41) is 8.05. The standard InChI is InChI=1S/C12H25N5/c1-5-6-17(9-12(2,3)8-13)7-11-15-14-10-16(11)4/h10H,5-9,13H2,1-4H3. The van der Waals surface area contributed by atoms with Gasteiger partial charge in [0.15, 0.2) is 0 Å². The topological polar surface area (TPSA) is 60.0 Å². The average molecular weight is 239 g/mol. The van der Waals surface area contributed by atoms with E-state index in [4.69, 9.17) is 5.73 Å². The second kappa shape index (κ2) is 6.12. The summed E-state index contributed by atoms with van der Waals surface area (Å²) in [7, 11) is 1.98.